The summed E-state index contributed by atoms with van der Waals surface area (Å²) in [6.45, 7) is 4.76. The van der Waals surface area contributed by atoms with Crippen molar-refractivity contribution in [1.82, 2.24) is 25.6 Å². The van der Waals surface area contributed by atoms with Crippen LogP contribution in [0.2, 0.25) is 0 Å². The molecule has 236 valence electrons. The number of aromatic nitrogens is 1. The lowest BCUT2D eigenvalue weighted by molar-refractivity contribution is -0.116. The minimum atomic E-state index is -0.451. The summed E-state index contributed by atoms with van der Waals surface area (Å²) in [7, 11) is 3.57. The molecule has 2 aromatic rings. The van der Waals surface area contributed by atoms with Crippen LogP contribution < -0.4 is 15.5 Å². The zero-order valence-corrected chi connectivity index (χ0v) is 26.9. The number of hydrogen-bond acceptors (Lipinski definition) is 13. The van der Waals surface area contributed by atoms with Gasteiger partial charge >= 0.3 is 0 Å². The van der Waals surface area contributed by atoms with Gasteiger partial charge in [0.1, 0.15) is 22.0 Å². The van der Waals surface area contributed by atoms with E-state index in [1.54, 1.807) is 24.3 Å². The van der Waals surface area contributed by atoms with Gasteiger partial charge in [-0.2, -0.15) is 0 Å². The predicted octanol–water partition coefficient (Wildman–Crippen LogP) is 2.82. The van der Waals surface area contributed by atoms with Crippen LogP contribution in [0.1, 0.15) is 61.7 Å². The van der Waals surface area contributed by atoms with Gasteiger partial charge in [-0.1, -0.05) is 23.9 Å². The number of nitrogens with one attached hydrogen (secondary N) is 2. The first-order valence-corrected chi connectivity index (χ1v) is 16.3. The van der Waals surface area contributed by atoms with E-state index in [1.165, 1.54) is 23.9 Å². The van der Waals surface area contributed by atoms with Gasteiger partial charge in [0.05, 0.1) is 29.5 Å². The molecule has 1 aromatic heterocycles. The Morgan fingerprint density at radius 2 is 1.84 bits per heavy atom. The molecular formula is C31H34N6O6S2. The van der Waals surface area contributed by atoms with E-state index >= 15 is 0 Å². The number of fused-ring (bicyclic) bond motifs is 1. The Hall–Kier alpha value is -3.98. The highest BCUT2D eigenvalue weighted by Gasteiger charge is 2.38. The zero-order valence-electron chi connectivity index (χ0n) is 25.3. The topological polar surface area (TPSA) is 150 Å². The van der Waals surface area contributed by atoms with E-state index in [0.717, 1.165) is 36.4 Å². The number of benzene rings is 1. The Balaban J connectivity index is 1.05. The molecule has 2 heterocycles. The Labute approximate surface area is 269 Å². The maximum atomic E-state index is 13.0. The molecule has 0 bridgehead atoms. The van der Waals surface area contributed by atoms with Crippen molar-refractivity contribution in [3.8, 4) is 5.75 Å². The van der Waals surface area contributed by atoms with E-state index in [4.69, 9.17) is 4.74 Å². The molecule has 1 unspecified atom stereocenters. The quantitative estimate of drug-likeness (QED) is 0.243. The van der Waals surface area contributed by atoms with Crippen LogP contribution in [0.5, 0.6) is 5.75 Å². The Morgan fingerprint density at radius 1 is 1.11 bits per heavy atom. The molecular weight excluding hydrogens is 617 g/mol. The second kappa shape index (κ2) is 14.4. The summed E-state index contributed by atoms with van der Waals surface area (Å²) in [6, 6.07) is 7.26. The summed E-state index contributed by atoms with van der Waals surface area (Å²) in [5, 5.41) is 4.58. The monoisotopic (exact) mass is 650 g/mol. The van der Waals surface area contributed by atoms with Crippen LogP contribution in [0.3, 0.4) is 0 Å². The SMILES string of the molecule is COc1ccc(CNC(=O)c2nc3c(s2)C(=O)CC(=NCCCN(C)CCCNN2C4=C(SC2C)C(=O)C=CC4=O)C3=O)cc1. The molecule has 45 heavy (non-hydrogen) atoms. The van der Waals surface area contributed by atoms with E-state index in [1.807, 2.05) is 26.1 Å². The molecule has 5 rings (SSSR count). The molecule has 1 aromatic carbocycles. The van der Waals surface area contributed by atoms with Gasteiger partial charge in [0.15, 0.2) is 16.6 Å². The number of amides is 1. The number of carbonyl (C=O) groups excluding carboxylic acids is 5. The number of aliphatic imine (C=N–C) groups is 1. The number of thiazole rings is 1. The highest BCUT2D eigenvalue weighted by Crippen LogP contribution is 2.39. The van der Waals surface area contributed by atoms with Crippen LogP contribution in [0, 0.1) is 0 Å². The summed E-state index contributed by atoms with van der Waals surface area (Å²) in [6.07, 6.45) is 4.05. The van der Waals surface area contributed by atoms with Gasteiger partial charge in [0, 0.05) is 19.6 Å². The van der Waals surface area contributed by atoms with Crippen LogP contribution >= 0.6 is 23.1 Å². The molecule has 2 aliphatic carbocycles. The molecule has 0 saturated carbocycles. The van der Waals surface area contributed by atoms with Crippen molar-refractivity contribution in [1.29, 1.82) is 0 Å². The first-order valence-electron chi connectivity index (χ1n) is 14.6. The van der Waals surface area contributed by atoms with Crippen LogP contribution in [0.15, 0.2) is 52.0 Å². The molecule has 2 N–H and O–H groups in total. The second-order valence-electron chi connectivity index (χ2n) is 10.7. The van der Waals surface area contributed by atoms with Gasteiger partial charge in [-0.25, -0.2) is 10.4 Å². The molecule has 0 saturated heterocycles. The minimum Gasteiger partial charge on any atom is -0.497 e. The number of hydrogen-bond donors (Lipinski definition) is 2. The van der Waals surface area contributed by atoms with Crippen molar-refractivity contribution < 1.29 is 28.7 Å². The van der Waals surface area contributed by atoms with Gasteiger partial charge < -0.3 is 15.0 Å². The largest absolute Gasteiger partial charge is 0.497 e. The highest BCUT2D eigenvalue weighted by atomic mass is 32.2. The second-order valence-corrected chi connectivity index (χ2v) is 13.1. The predicted molar refractivity (Wildman–Crippen MR) is 172 cm³/mol. The van der Waals surface area contributed by atoms with Crippen LogP contribution in [-0.4, -0.2) is 95.4 Å². The van der Waals surface area contributed by atoms with E-state index in [0.29, 0.717) is 35.9 Å². The van der Waals surface area contributed by atoms with E-state index < -0.39 is 11.7 Å². The number of methoxy groups -OCH3 is 1. The third kappa shape index (κ3) is 7.47. The molecule has 0 spiro atoms. The van der Waals surface area contributed by atoms with E-state index in [-0.39, 0.29) is 57.0 Å². The van der Waals surface area contributed by atoms with E-state index in [9.17, 15) is 24.0 Å². The van der Waals surface area contributed by atoms with Crippen molar-refractivity contribution in [2.75, 3.05) is 40.3 Å². The Morgan fingerprint density at radius 3 is 2.60 bits per heavy atom. The number of rotatable bonds is 13. The number of hydrazine groups is 1. The maximum Gasteiger partial charge on any atom is 0.280 e. The summed E-state index contributed by atoms with van der Waals surface area (Å²) in [5.74, 6) is -0.699. The van der Waals surface area contributed by atoms with Gasteiger partial charge in [0.25, 0.3) is 5.91 Å². The van der Waals surface area contributed by atoms with Gasteiger partial charge in [-0.15, -0.1) is 11.3 Å². The average Bonchev–Trinajstić information content (AvgIpc) is 3.64. The molecule has 1 aliphatic heterocycles. The summed E-state index contributed by atoms with van der Waals surface area (Å²) in [4.78, 5) is 74.4. The number of allylic oxidation sites excluding steroid dienone is 3. The third-order valence-corrected chi connectivity index (χ3v) is 9.72. The molecule has 0 radical (unpaired) electrons. The number of thioether (sulfide) groups is 1. The lowest BCUT2D eigenvalue weighted by Gasteiger charge is -2.26. The lowest BCUT2D eigenvalue weighted by atomic mass is 9.98. The molecule has 14 heteroatoms. The maximum absolute atomic E-state index is 13.0. The van der Waals surface area contributed by atoms with Crippen molar-refractivity contribution >= 4 is 57.9 Å². The fraction of sp³-hybridized carbons (Fsp3) is 0.387. The normalized spacial score (nSPS) is 18.7. The lowest BCUT2D eigenvalue weighted by Crippen LogP contribution is -2.43. The summed E-state index contributed by atoms with van der Waals surface area (Å²) in [5.41, 5.74) is 4.76. The molecule has 12 nitrogen and oxygen atoms in total. The van der Waals surface area contributed by atoms with Crippen molar-refractivity contribution in [2.24, 2.45) is 4.99 Å². The number of nitrogens with zero attached hydrogens (tertiary/aromatic N) is 4. The fourth-order valence-corrected chi connectivity index (χ4v) is 7.08. The number of carbonyl (C=O) groups is 5. The molecule has 3 aliphatic rings. The van der Waals surface area contributed by atoms with Crippen molar-refractivity contribution in [2.45, 2.75) is 38.1 Å². The van der Waals surface area contributed by atoms with Gasteiger partial charge in [-0.3, -0.25) is 34.0 Å². The number of ketones is 4. The summed E-state index contributed by atoms with van der Waals surface area (Å²) >= 11 is 2.32. The highest BCUT2D eigenvalue weighted by molar-refractivity contribution is 8.04. The van der Waals surface area contributed by atoms with E-state index in [2.05, 4.69) is 25.6 Å². The average molecular weight is 651 g/mol. The van der Waals surface area contributed by atoms with Crippen LogP contribution in [0.4, 0.5) is 0 Å². The van der Waals surface area contributed by atoms with Gasteiger partial charge in [-0.05, 0) is 69.8 Å². The standard InChI is InChI=1S/C31H34N6O6S2/c1-18-37(26-22(38)10-11-23(39)29(26)44-18)34-13-5-15-36(2)14-4-12-32-21-16-24(40)28-25(27(21)41)35-31(45-28)30(42)33-17-19-6-8-20(43-3)9-7-19/h6-11,18,34H,4-5,12-17H2,1-3H3,(H,33,42). The Bertz CT molecular complexity index is 1610. The smallest absolute Gasteiger partial charge is 0.280 e. The molecule has 1 atom stereocenters. The fourth-order valence-electron chi connectivity index (χ4n) is 5.04. The van der Waals surface area contributed by atoms with Gasteiger partial charge in [0.2, 0.25) is 11.6 Å². The zero-order chi connectivity index (χ0) is 32.1. The Kier molecular flexibility index (Phi) is 10.4. The van der Waals surface area contributed by atoms with Crippen molar-refractivity contribution in [3.63, 3.8) is 0 Å². The molecule has 1 amide bonds. The first-order chi connectivity index (χ1) is 21.7. The molecule has 0 fully saturated rings. The van der Waals surface area contributed by atoms with Crippen LogP contribution in [-0.2, 0) is 16.1 Å². The first kappa shape index (κ1) is 32.4. The summed E-state index contributed by atoms with van der Waals surface area (Å²) < 4.78 is 5.14. The third-order valence-electron chi connectivity index (χ3n) is 7.44. The minimum absolute atomic E-state index is 0.00173. The van der Waals surface area contributed by atoms with Crippen LogP contribution in [0.25, 0.3) is 0 Å². The van der Waals surface area contributed by atoms with Crippen molar-refractivity contribution in [3.05, 3.63) is 68.2 Å². The number of ether oxygens (including phenoxy) is 1. The number of Topliss-reactive ketones (excluding diaryl/α,β-unsaturated/α-hetero) is 2.